The van der Waals surface area contributed by atoms with E-state index < -0.39 is 5.97 Å². The van der Waals surface area contributed by atoms with Gasteiger partial charge in [-0.2, -0.15) is 0 Å². The lowest BCUT2D eigenvalue weighted by Crippen LogP contribution is -2.50. The topological polar surface area (TPSA) is 49.9 Å². The number of nitrogens with zero attached hydrogens (tertiary/aromatic N) is 2. The van der Waals surface area contributed by atoms with Gasteiger partial charge in [0.25, 0.3) is 5.91 Å². The SMILES string of the molecule is Cc1cccc(N2CCN(C(=O)COC(=O)c3c(Cl)cccc3Cl)CC2)c1C. The van der Waals surface area contributed by atoms with Crippen LogP contribution in [0, 0.1) is 13.8 Å². The van der Waals surface area contributed by atoms with E-state index in [1.165, 1.54) is 16.8 Å². The molecule has 5 nitrogen and oxygen atoms in total. The number of hydrogen-bond donors (Lipinski definition) is 0. The zero-order valence-electron chi connectivity index (χ0n) is 15.9. The zero-order valence-corrected chi connectivity index (χ0v) is 17.4. The van der Waals surface area contributed by atoms with Crippen LogP contribution in [0.2, 0.25) is 10.0 Å². The van der Waals surface area contributed by atoms with Gasteiger partial charge < -0.3 is 14.5 Å². The van der Waals surface area contributed by atoms with Crippen LogP contribution in [-0.2, 0) is 9.53 Å². The van der Waals surface area contributed by atoms with E-state index in [0.717, 1.165) is 13.1 Å². The van der Waals surface area contributed by atoms with E-state index in [-0.39, 0.29) is 28.1 Å². The lowest BCUT2D eigenvalue weighted by Gasteiger charge is -2.37. The fourth-order valence-electron chi connectivity index (χ4n) is 3.26. The van der Waals surface area contributed by atoms with Crippen LogP contribution in [0.25, 0.3) is 0 Å². The van der Waals surface area contributed by atoms with E-state index >= 15 is 0 Å². The highest BCUT2D eigenvalue weighted by molar-refractivity contribution is 6.39. The van der Waals surface area contributed by atoms with Crippen molar-refractivity contribution in [2.75, 3.05) is 37.7 Å². The molecule has 0 radical (unpaired) electrons. The number of esters is 1. The molecule has 0 aliphatic carbocycles. The van der Waals surface area contributed by atoms with Gasteiger partial charge in [0.2, 0.25) is 0 Å². The Kier molecular flexibility index (Phi) is 6.47. The molecule has 1 fully saturated rings. The Morgan fingerprint density at radius 1 is 0.964 bits per heavy atom. The summed E-state index contributed by atoms with van der Waals surface area (Å²) >= 11 is 12.0. The van der Waals surface area contributed by atoms with E-state index in [4.69, 9.17) is 27.9 Å². The van der Waals surface area contributed by atoms with Crippen LogP contribution in [-0.4, -0.2) is 49.6 Å². The number of carbonyl (C=O) groups is 2. The highest BCUT2D eigenvalue weighted by atomic mass is 35.5. The molecule has 28 heavy (non-hydrogen) atoms. The van der Waals surface area contributed by atoms with Gasteiger partial charge in [-0.05, 0) is 43.2 Å². The first-order chi connectivity index (χ1) is 13.4. The fraction of sp³-hybridized carbons (Fsp3) is 0.333. The highest BCUT2D eigenvalue weighted by Gasteiger charge is 2.24. The van der Waals surface area contributed by atoms with Crippen LogP contribution < -0.4 is 4.90 Å². The second kappa shape index (κ2) is 8.84. The molecule has 7 heteroatoms. The van der Waals surface area contributed by atoms with Gasteiger partial charge in [-0.1, -0.05) is 41.4 Å². The van der Waals surface area contributed by atoms with Crippen molar-refractivity contribution >= 4 is 40.8 Å². The number of hydrogen-bond acceptors (Lipinski definition) is 4. The summed E-state index contributed by atoms with van der Waals surface area (Å²) in [5, 5.41) is 0.402. The summed E-state index contributed by atoms with van der Waals surface area (Å²) in [6.07, 6.45) is 0. The van der Waals surface area contributed by atoms with Gasteiger partial charge in [-0.3, -0.25) is 4.79 Å². The second-order valence-corrected chi connectivity index (χ2v) is 7.57. The van der Waals surface area contributed by atoms with Gasteiger partial charge in [-0.15, -0.1) is 0 Å². The fourth-order valence-corrected chi connectivity index (χ4v) is 3.81. The molecular formula is C21H22Cl2N2O3. The van der Waals surface area contributed by atoms with Gasteiger partial charge in [0, 0.05) is 31.9 Å². The molecule has 0 unspecified atom stereocenters. The third-order valence-corrected chi connectivity index (χ3v) is 5.67. The van der Waals surface area contributed by atoms with Crippen molar-refractivity contribution in [2.24, 2.45) is 0 Å². The Balaban J connectivity index is 1.54. The van der Waals surface area contributed by atoms with E-state index in [1.807, 2.05) is 0 Å². The quantitative estimate of drug-likeness (QED) is 0.698. The Hall–Kier alpha value is -2.24. The van der Waals surface area contributed by atoms with E-state index in [0.29, 0.717) is 13.1 Å². The smallest absolute Gasteiger partial charge is 0.341 e. The minimum Gasteiger partial charge on any atom is -0.452 e. The number of halogens is 2. The third kappa shape index (κ3) is 4.42. The number of piperazine rings is 1. The van der Waals surface area contributed by atoms with Crippen molar-refractivity contribution in [1.29, 1.82) is 0 Å². The average Bonchev–Trinajstić information content (AvgIpc) is 2.68. The molecule has 0 N–H and O–H groups in total. The predicted molar refractivity (Wildman–Crippen MR) is 111 cm³/mol. The first-order valence-corrected chi connectivity index (χ1v) is 9.84. The van der Waals surface area contributed by atoms with Crippen LogP contribution in [0.3, 0.4) is 0 Å². The molecular weight excluding hydrogens is 399 g/mol. The van der Waals surface area contributed by atoms with E-state index in [2.05, 4.69) is 36.9 Å². The zero-order chi connectivity index (χ0) is 20.3. The largest absolute Gasteiger partial charge is 0.452 e. The Morgan fingerprint density at radius 2 is 1.57 bits per heavy atom. The average molecular weight is 421 g/mol. The summed E-state index contributed by atoms with van der Waals surface area (Å²) in [6, 6.07) is 11.0. The van der Waals surface area contributed by atoms with Crippen molar-refractivity contribution in [2.45, 2.75) is 13.8 Å². The lowest BCUT2D eigenvalue weighted by molar-refractivity contribution is -0.134. The Labute approximate surface area is 174 Å². The Bertz CT molecular complexity index is 873. The van der Waals surface area contributed by atoms with Gasteiger partial charge >= 0.3 is 5.97 Å². The molecule has 1 heterocycles. The molecule has 1 aliphatic rings. The van der Waals surface area contributed by atoms with Crippen molar-refractivity contribution < 1.29 is 14.3 Å². The number of rotatable bonds is 4. The summed E-state index contributed by atoms with van der Waals surface area (Å²) < 4.78 is 5.14. The first-order valence-electron chi connectivity index (χ1n) is 9.08. The van der Waals surface area contributed by atoms with Gasteiger partial charge in [0.05, 0.1) is 15.6 Å². The van der Waals surface area contributed by atoms with Gasteiger partial charge in [-0.25, -0.2) is 4.79 Å². The van der Waals surface area contributed by atoms with Crippen LogP contribution in [0.5, 0.6) is 0 Å². The Morgan fingerprint density at radius 3 is 2.21 bits per heavy atom. The molecule has 1 aliphatic heterocycles. The summed E-state index contributed by atoms with van der Waals surface area (Å²) in [7, 11) is 0. The maximum atomic E-state index is 12.4. The van der Waals surface area contributed by atoms with Crippen molar-refractivity contribution in [3.63, 3.8) is 0 Å². The number of carbonyl (C=O) groups excluding carboxylic acids is 2. The molecule has 1 amide bonds. The van der Waals surface area contributed by atoms with E-state index in [9.17, 15) is 9.59 Å². The highest BCUT2D eigenvalue weighted by Crippen LogP contribution is 2.25. The number of ether oxygens (including phenoxy) is 1. The molecule has 2 aromatic carbocycles. The standard InChI is InChI=1S/C21H22Cl2N2O3/c1-14-5-3-8-18(15(14)2)24-9-11-25(12-10-24)19(26)13-28-21(27)20-16(22)6-4-7-17(20)23/h3-8H,9-13H2,1-2H3. The molecule has 1 saturated heterocycles. The molecule has 0 atom stereocenters. The van der Waals surface area contributed by atoms with Crippen LogP contribution >= 0.6 is 23.2 Å². The van der Waals surface area contributed by atoms with Gasteiger partial charge in [0.15, 0.2) is 6.61 Å². The van der Waals surface area contributed by atoms with Crippen LogP contribution in [0.15, 0.2) is 36.4 Å². The number of anilines is 1. The summed E-state index contributed by atoms with van der Waals surface area (Å²) in [4.78, 5) is 28.6. The van der Waals surface area contributed by atoms with E-state index in [1.54, 1.807) is 23.1 Å². The molecule has 0 bridgehead atoms. The normalized spacial score (nSPS) is 14.1. The number of amides is 1. The number of aryl methyl sites for hydroxylation is 1. The third-order valence-electron chi connectivity index (χ3n) is 5.04. The van der Waals surface area contributed by atoms with Crippen molar-refractivity contribution in [1.82, 2.24) is 4.90 Å². The maximum Gasteiger partial charge on any atom is 0.341 e. The molecule has 2 aromatic rings. The first kappa shape index (κ1) is 20.5. The summed E-state index contributed by atoms with van der Waals surface area (Å²) in [5.74, 6) is -0.921. The monoisotopic (exact) mass is 420 g/mol. The molecule has 3 rings (SSSR count). The summed E-state index contributed by atoms with van der Waals surface area (Å²) in [6.45, 7) is 6.51. The van der Waals surface area contributed by atoms with Crippen LogP contribution in [0.1, 0.15) is 21.5 Å². The second-order valence-electron chi connectivity index (χ2n) is 6.76. The molecule has 0 spiro atoms. The molecule has 0 aromatic heterocycles. The predicted octanol–water partition coefficient (Wildman–Crippen LogP) is 4.12. The minimum atomic E-state index is -0.696. The maximum absolute atomic E-state index is 12.4. The lowest BCUT2D eigenvalue weighted by atomic mass is 10.1. The van der Waals surface area contributed by atoms with Crippen molar-refractivity contribution in [3.8, 4) is 0 Å². The van der Waals surface area contributed by atoms with Crippen molar-refractivity contribution in [3.05, 3.63) is 63.1 Å². The molecule has 0 saturated carbocycles. The summed E-state index contributed by atoms with van der Waals surface area (Å²) in [5.41, 5.74) is 3.79. The van der Waals surface area contributed by atoms with Crippen LogP contribution in [0.4, 0.5) is 5.69 Å². The molecule has 148 valence electrons. The minimum absolute atomic E-state index is 0.0818. The number of benzene rings is 2. The van der Waals surface area contributed by atoms with Gasteiger partial charge in [0.1, 0.15) is 0 Å².